The minimum absolute atomic E-state index is 0.0932. The SMILES string of the molecule is BrCCCBr.COc1c2occc2cc2ccc(=O)oc12.O=c1ccc2c(Br)c3c(Br)c(Br)oc3c(O)c2o1.O=c1ccc2c(Br)c3c(Br)c(Br)oc3c(OCCCBr)c2o1. The lowest BCUT2D eigenvalue weighted by Crippen LogP contribution is -2.01. The van der Waals surface area contributed by atoms with Gasteiger partial charge in [-0.1, -0.05) is 47.8 Å². The molecule has 0 saturated heterocycles. The Bertz CT molecular complexity index is 3210. The zero-order valence-electron chi connectivity index (χ0n) is 30.8. The molecule has 0 bridgehead atoms. The van der Waals surface area contributed by atoms with Crippen LogP contribution >= 0.6 is 143 Å². The molecule has 0 aliphatic rings. The third kappa shape index (κ3) is 10.3. The lowest BCUT2D eigenvalue weighted by atomic mass is 10.1. The van der Waals surface area contributed by atoms with Gasteiger partial charge in [0.2, 0.25) is 17.2 Å². The number of fused-ring (bicyclic) bond motifs is 6. The summed E-state index contributed by atoms with van der Waals surface area (Å²) in [5.74, 6) is 0.681. The van der Waals surface area contributed by atoms with E-state index in [4.69, 9.17) is 36.0 Å². The first-order chi connectivity index (χ1) is 29.3. The first kappa shape index (κ1) is 48.1. The van der Waals surface area contributed by atoms with E-state index in [1.165, 1.54) is 31.7 Å². The van der Waals surface area contributed by atoms with Crippen molar-refractivity contribution in [3.05, 3.63) is 113 Å². The van der Waals surface area contributed by atoms with Crippen molar-refractivity contribution in [2.24, 2.45) is 0 Å². The summed E-state index contributed by atoms with van der Waals surface area (Å²) in [4.78, 5) is 34.0. The molecule has 0 atom stereocenters. The number of furan rings is 3. The summed E-state index contributed by atoms with van der Waals surface area (Å²) in [6.45, 7) is 0.478. The summed E-state index contributed by atoms with van der Waals surface area (Å²) >= 11 is 30.3. The number of hydrogen-bond acceptors (Lipinski definition) is 12. The van der Waals surface area contributed by atoms with Crippen LogP contribution in [0.2, 0.25) is 0 Å². The Kier molecular flexibility index (Phi) is 17.0. The number of phenols is 1. The van der Waals surface area contributed by atoms with Gasteiger partial charge in [-0.2, -0.15) is 0 Å². The molecule has 9 aromatic rings. The molecule has 6 heterocycles. The molecule has 0 radical (unpaired) electrons. The normalized spacial score (nSPS) is 11.1. The molecular formula is C40H25Br9O12. The molecule has 0 unspecified atom stereocenters. The average molecular weight is 1420 g/mol. The largest absolute Gasteiger partial charge is 0.502 e. The fraction of sp³-hybridized carbons (Fsp3) is 0.175. The molecule has 0 aliphatic heterocycles. The van der Waals surface area contributed by atoms with E-state index in [9.17, 15) is 19.5 Å². The van der Waals surface area contributed by atoms with E-state index in [-0.39, 0.29) is 16.9 Å². The fourth-order valence-corrected chi connectivity index (χ4v) is 10.8. The van der Waals surface area contributed by atoms with Gasteiger partial charge in [-0.3, -0.25) is 0 Å². The van der Waals surface area contributed by atoms with Crippen LogP contribution in [0.15, 0.2) is 123 Å². The maximum absolute atomic E-state index is 11.6. The zero-order chi connectivity index (χ0) is 44.1. The van der Waals surface area contributed by atoms with Crippen LogP contribution in [-0.2, 0) is 0 Å². The Balaban J connectivity index is 0.000000146. The third-order valence-corrected chi connectivity index (χ3v) is 15.3. The van der Waals surface area contributed by atoms with Gasteiger partial charge >= 0.3 is 16.9 Å². The Hall–Kier alpha value is -2.37. The van der Waals surface area contributed by atoms with Crippen LogP contribution in [0.3, 0.4) is 0 Å². The second kappa shape index (κ2) is 21.5. The van der Waals surface area contributed by atoms with Crippen molar-refractivity contribution in [3.8, 4) is 17.2 Å². The lowest BCUT2D eigenvalue weighted by molar-refractivity contribution is 0.315. The molecule has 1 N–H and O–H groups in total. The van der Waals surface area contributed by atoms with Crippen LogP contribution in [-0.4, -0.2) is 34.8 Å². The van der Waals surface area contributed by atoms with Crippen LogP contribution in [0.25, 0.3) is 65.8 Å². The average Bonchev–Trinajstić information content (AvgIpc) is 3.93. The molecule has 0 spiro atoms. The van der Waals surface area contributed by atoms with Gasteiger partial charge in [0, 0.05) is 64.7 Å². The van der Waals surface area contributed by atoms with E-state index < -0.39 is 16.9 Å². The number of aromatic hydroxyl groups is 1. The van der Waals surface area contributed by atoms with Crippen LogP contribution in [0.1, 0.15) is 12.8 Å². The predicted octanol–water partition coefficient (Wildman–Crippen LogP) is 15.2. The first-order valence-electron chi connectivity index (χ1n) is 17.3. The molecule has 0 saturated carbocycles. The van der Waals surface area contributed by atoms with E-state index in [1.54, 1.807) is 24.5 Å². The van der Waals surface area contributed by atoms with Gasteiger partial charge < -0.3 is 41.1 Å². The minimum atomic E-state index is -0.534. The Morgan fingerprint density at radius 2 is 1.05 bits per heavy atom. The molecule has 0 fully saturated rings. The molecule has 21 heteroatoms. The van der Waals surface area contributed by atoms with Gasteiger partial charge in [0.1, 0.15) is 0 Å². The Morgan fingerprint density at radius 1 is 0.541 bits per heavy atom. The summed E-state index contributed by atoms with van der Waals surface area (Å²) < 4.78 is 46.8. The molecule has 12 nitrogen and oxygen atoms in total. The number of rotatable bonds is 7. The third-order valence-electron chi connectivity index (χ3n) is 8.32. The standard InChI is InChI=1S/C14H8Br4O4.C12H8O4.C11H3Br3O4.C3H6Br2/c15-4-1-5-20-13-11-6(2-3-7(19)21-11)9(16)8-10(17)14(18)22-12(8)13;1-14-12-10-8(4-5-15-10)6-7-2-3-9(13)16-11(7)12;12-6-3-1-2-4(15)17-9(3)8(16)10-5(6)7(13)11(14)18-10;4-2-1-3-5/h2-3H,1,4-5H2;2-6H,1H3;1-2,16H;1-3H2. The Morgan fingerprint density at radius 3 is 1.62 bits per heavy atom. The molecule has 6 aromatic heterocycles. The summed E-state index contributed by atoms with van der Waals surface area (Å²) in [7, 11) is 1.52. The van der Waals surface area contributed by atoms with E-state index in [1.807, 2.05) is 12.1 Å². The van der Waals surface area contributed by atoms with Crippen LogP contribution in [0.4, 0.5) is 0 Å². The van der Waals surface area contributed by atoms with Crippen LogP contribution < -0.4 is 26.4 Å². The van der Waals surface area contributed by atoms with E-state index in [0.29, 0.717) is 69.5 Å². The van der Waals surface area contributed by atoms with E-state index in [2.05, 4.69) is 143 Å². The molecule has 0 amide bonds. The van der Waals surface area contributed by atoms with Crippen molar-refractivity contribution in [1.29, 1.82) is 0 Å². The highest BCUT2D eigenvalue weighted by Gasteiger charge is 2.24. The van der Waals surface area contributed by atoms with Crippen molar-refractivity contribution in [1.82, 2.24) is 0 Å². The summed E-state index contributed by atoms with van der Waals surface area (Å²) in [5, 5.41) is 17.7. The van der Waals surface area contributed by atoms with Gasteiger partial charge in [0.15, 0.2) is 42.8 Å². The number of phenolic OH excluding ortho intramolecular Hbond substituents is 1. The van der Waals surface area contributed by atoms with Crippen molar-refractivity contribution < 1.29 is 41.1 Å². The quantitative estimate of drug-likeness (QED) is 0.0912. The minimum Gasteiger partial charge on any atom is -0.502 e. The number of halogens is 9. The van der Waals surface area contributed by atoms with Crippen molar-refractivity contribution in [2.45, 2.75) is 12.8 Å². The summed E-state index contributed by atoms with van der Waals surface area (Å²) in [6, 6.07) is 12.8. The van der Waals surface area contributed by atoms with Crippen molar-refractivity contribution in [3.63, 3.8) is 0 Å². The van der Waals surface area contributed by atoms with Gasteiger partial charge in [0.25, 0.3) is 0 Å². The zero-order valence-corrected chi connectivity index (χ0v) is 45.1. The topological polar surface area (TPSA) is 169 Å². The first-order valence-corrected chi connectivity index (χ1v) is 25.4. The molecule has 3 aromatic carbocycles. The highest BCUT2D eigenvalue weighted by atomic mass is 79.9. The van der Waals surface area contributed by atoms with Crippen LogP contribution in [0, 0.1) is 0 Å². The smallest absolute Gasteiger partial charge is 0.336 e. The second-order valence-corrected chi connectivity index (χ2v) is 19.1. The summed E-state index contributed by atoms with van der Waals surface area (Å²) in [5.41, 5.74) is 0.844. The van der Waals surface area contributed by atoms with Gasteiger partial charge in [0.05, 0.1) is 39.7 Å². The molecule has 9 rings (SSSR count). The summed E-state index contributed by atoms with van der Waals surface area (Å²) in [6.07, 6.45) is 3.61. The van der Waals surface area contributed by atoms with Crippen LogP contribution in [0.5, 0.6) is 17.2 Å². The number of alkyl halides is 3. The fourth-order valence-electron chi connectivity index (χ4n) is 5.69. The van der Waals surface area contributed by atoms with E-state index >= 15 is 0 Å². The Labute approximate surface area is 418 Å². The maximum Gasteiger partial charge on any atom is 0.336 e. The molecule has 61 heavy (non-hydrogen) atoms. The number of ether oxygens (including phenoxy) is 2. The number of benzene rings is 3. The van der Waals surface area contributed by atoms with Gasteiger partial charge in [-0.15, -0.1) is 0 Å². The second-order valence-electron chi connectivity index (χ2n) is 12.1. The van der Waals surface area contributed by atoms with E-state index in [0.717, 1.165) is 52.9 Å². The monoisotopic (exact) mass is 1410 g/mol. The maximum atomic E-state index is 11.6. The van der Waals surface area contributed by atoms with Gasteiger partial charge in [-0.05, 0) is 139 Å². The number of methoxy groups -OCH3 is 1. The highest BCUT2D eigenvalue weighted by Crippen LogP contribution is 2.48. The molecular weight excluding hydrogens is 1390 g/mol. The highest BCUT2D eigenvalue weighted by molar-refractivity contribution is 9.13. The molecule has 0 aliphatic carbocycles. The van der Waals surface area contributed by atoms with Crippen molar-refractivity contribution in [2.75, 3.05) is 29.7 Å². The lowest BCUT2D eigenvalue weighted by Gasteiger charge is -2.10. The molecule has 320 valence electrons. The predicted molar refractivity (Wildman–Crippen MR) is 267 cm³/mol. The van der Waals surface area contributed by atoms with Crippen molar-refractivity contribution >= 4 is 209 Å². The van der Waals surface area contributed by atoms with Gasteiger partial charge in [-0.25, -0.2) is 14.4 Å². The number of hydrogen-bond donors (Lipinski definition) is 1.